The molecule has 2 N–H and O–H groups in total. The molecular formula is C19H25NO6. The number of nitrogens with one attached hydrogen (secondary N) is 1. The number of ether oxygens (including phenoxy) is 2. The van der Waals surface area contributed by atoms with E-state index in [1.807, 2.05) is 0 Å². The number of carboxylic acid groups (broad SMARTS) is 1. The zero-order chi connectivity index (χ0) is 19.3. The first-order chi connectivity index (χ1) is 12.2. The molecule has 1 aromatic carbocycles. The number of hydrogen-bond donors (Lipinski definition) is 2. The third-order valence-corrected chi connectivity index (χ3v) is 4.00. The van der Waals surface area contributed by atoms with Crippen molar-refractivity contribution < 1.29 is 29.0 Å². The van der Waals surface area contributed by atoms with E-state index < -0.39 is 23.6 Å². The van der Waals surface area contributed by atoms with Crippen LogP contribution in [0.15, 0.2) is 18.2 Å². The molecular weight excluding hydrogens is 338 g/mol. The SMILES string of the molecule is CC(C)(C)OC(=O)Nc1ccc(OC(=O)C2CCCCC2)c(C(=O)O)c1. The predicted octanol–water partition coefficient (Wildman–Crippen LogP) is 4.22. The second-order valence-electron chi connectivity index (χ2n) is 7.40. The van der Waals surface area contributed by atoms with Crippen LogP contribution in [0.1, 0.15) is 63.2 Å². The lowest BCUT2D eigenvalue weighted by Crippen LogP contribution is -2.27. The third-order valence-electron chi connectivity index (χ3n) is 4.00. The largest absolute Gasteiger partial charge is 0.478 e. The van der Waals surface area contributed by atoms with E-state index in [1.165, 1.54) is 18.2 Å². The van der Waals surface area contributed by atoms with Crippen LogP contribution in [0.3, 0.4) is 0 Å². The van der Waals surface area contributed by atoms with Crippen LogP contribution in [0.2, 0.25) is 0 Å². The minimum absolute atomic E-state index is 0.0252. The fourth-order valence-electron chi connectivity index (χ4n) is 2.82. The van der Waals surface area contributed by atoms with Crippen molar-refractivity contribution in [2.24, 2.45) is 5.92 Å². The van der Waals surface area contributed by atoms with Crippen LogP contribution in [0.5, 0.6) is 5.75 Å². The van der Waals surface area contributed by atoms with E-state index in [-0.39, 0.29) is 22.9 Å². The lowest BCUT2D eigenvalue weighted by Gasteiger charge is -2.21. The summed E-state index contributed by atoms with van der Waals surface area (Å²) in [6.45, 7) is 5.18. The Labute approximate surface area is 152 Å². The molecule has 1 fully saturated rings. The Morgan fingerprint density at radius 1 is 1.12 bits per heavy atom. The molecule has 0 saturated heterocycles. The molecule has 0 atom stereocenters. The Hall–Kier alpha value is -2.57. The Balaban J connectivity index is 2.11. The summed E-state index contributed by atoms with van der Waals surface area (Å²) in [6, 6.07) is 4.09. The van der Waals surface area contributed by atoms with E-state index in [4.69, 9.17) is 9.47 Å². The zero-order valence-corrected chi connectivity index (χ0v) is 15.3. The molecule has 0 radical (unpaired) electrons. The van der Waals surface area contributed by atoms with Crippen LogP contribution < -0.4 is 10.1 Å². The highest BCUT2D eigenvalue weighted by Crippen LogP contribution is 2.28. The summed E-state index contributed by atoms with van der Waals surface area (Å²) in [4.78, 5) is 35.6. The Bertz CT molecular complexity index is 686. The van der Waals surface area contributed by atoms with Gasteiger partial charge < -0.3 is 14.6 Å². The molecule has 1 aromatic rings. The quantitative estimate of drug-likeness (QED) is 0.613. The van der Waals surface area contributed by atoms with Crippen LogP contribution >= 0.6 is 0 Å². The molecule has 142 valence electrons. The summed E-state index contributed by atoms with van der Waals surface area (Å²) in [5, 5.41) is 11.9. The van der Waals surface area contributed by atoms with Gasteiger partial charge in [0.05, 0.1) is 5.92 Å². The number of rotatable bonds is 4. The molecule has 1 saturated carbocycles. The maximum atomic E-state index is 12.3. The highest BCUT2D eigenvalue weighted by atomic mass is 16.6. The van der Waals surface area contributed by atoms with Crippen molar-refractivity contribution >= 4 is 23.7 Å². The van der Waals surface area contributed by atoms with E-state index in [0.717, 1.165) is 32.1 Å². The van der Waals surface area contributed by atoms with Gasteiger partial charge in [0.2, 0.25) is 0 Å². The second-order valence-corrected chi connectivity index (χ2v) is 7.40. The van der Waals surface area contributed by atoms with Crippen molar-refractivity contribution in [3.8, 4) is 5.75 Å². The highest BCUT2D eigenvalue weighted by molar-refractivity contribution is 5.95. The molecule has 0 bridgehead atoms. The molecule has 2 rings (SSSR count). The fraction of sp³-hybridized carbons (Fsp3) is 0.526. The Morgan fingerprint density at radius 2 is 1.77 bits per heavy atom. The van der Waals surface area contributed by atoms with Gasteiger partial charge >= 0.3 is 18.0 Å². The van der Waals surface area contributed by atoms with Crippen LogP contribution in [0.4, 0.5) is 10.5 Å². The number of amides is 1. The normalized spacial score (nSPS) is 15.2. The minimum atomic E-state index is -1.25. The zero-order valence-electron chi connectivity index (χ0n) is 15.3. The molecule has 0 unspecified atom stereocenters. The van der Waals surface area contributed by atoms with Crippen molar-refractivity contribution in [2.75, 3.05) is 5.32 Å². The molecule has 1 aliphatic carbocycles. The average Bonchev–Trinajstić information content (AvgIpc) is 2.55. The van der Waals surface area contributed by atoms with Gasteiger partial charge in [0.15, 0.2) is 0 Å². The van der Waals surface area contributed by atoms with Crippen molar-refractivity contribution in [1.29, 1.82) is 0 Å². The molecule has 0 spiro atoms. The second kappa shape index (κ2) is 8.21. The number of hydrogen-bond acceptors (Lipinski definition) is 5. The fourth-order valence-corrected chi connectivity index (χ4v) is 2.82. The molecule has 7 heteroatoms. The van der Waals surface area contributed by atoms with E-state index in [0.29, 0.717) is 0 Å². The van der Waals surface area contributed by atoms with Crippen molar-refractivity contribution in [3.05, 3.63) is 23.8 Å². The van der Waals surface area contributed by atoms with Crippen LogP contribution in [0, 0.1) is 5.92 Å². The van der Waals surface area contributed by atoms with Crippen molar-refractivity contribution in [2.45, 2.75) is 58.5 Å². The predicted molar refractivity (Wildman–Crippen MR) is 95.5 cm³/mol. The molecule has 7 nitrogen and oxygen atoms in total. The third kappa shape index (κ3) is 5.75. The van der Waals surface area contributed by atoms with Crippen LogP contribution in [0.25, 0.3) is 0 Å². The van der Waals surface area contributed by atoms with Gasteiger partial charge in [-0.3, -0.25) is 10.1 Å². The first-order valence-corrected chi connectivity index (χ1v) is 8.75. The van der Waals surface area contributed by atoms with Crippen molar-refractivity contribution in [3.63, 3.8) is 0 Å². The molecule has 0 aromatic heterocycles. The van der Waals surface area contributed by atoms with E-state index >= 15 is 0 Å². The number of benzene rings is 1. The van der Waals surface area contributed by atoms with Crippen LogP contribution in [-0.2, 0) is 9.53 Å². The van der Waals surface area contributed by atoms with E-state index in [1.54, 1.807) is 20.8 Å². The summed E-state index contributed by atoms with van der Waals surface area (Å²) >= 11 is 0. The maximum absolute atomic E-state index is 12.3. The van der Waals surface area contributed by atoms with E-state index in [9.17, 15) is 19.5 Å². The summed E-state index contributed by atoms with van der Waals surface area (Å²) in [7, 11) is 0. The molecule has 0 heterocycles. The van der Waals surface area contributed by atoms with Crippen LogP contribution in [-0.4, -0.2) is 28.7 Å². The van der Waals surface area contributed by atoms with Gasteiger partial charge in [-0.05, 0) is 51.8 Å². The Kier molecular flexibility index (Phi) is 6.23. The van der Waals surface area contributed by atoms with E-state index in [2.05, 4.69) is 5.32 Å². The summed E-state index contributed by atoms with van der Waals surface area (Å²) in [5.41, 5.74) is -0.619. The summed E-state index contributed by atoms with van der Waals surface area (Å²) < 4.78 is 10.5. The van der Waals surface area contributed by atoms with Gasteiger partial charge in [0.25, 0.3) is 0 Å². The maximum Gasteiger partial charge on any atom is 0.412 e. The van der Waals surface area contributed by atoms with Gasteiger partial charge in [0.1, 0.15) is 16.9 Å². The number of aromatic carboxylic acids is 1. The monoisotopic (exact) mass is 363 g/mol. The van der Waals surface area contributed by atoms with Gasteiger partial charge in [-0.15, -0.1) is 0 Å². The summed E-state index contributed by atoms with van der Waals surface area (Å²) in [5.74, 6) is -1.86. The molecule has 1 aliphatic rings. The number of carbonyl (C=O) groups is 3. The Morgan fingerprint density at radius 3 is 2.35 bits per heavy atom. The number of carboxylic acids is 1. The molecule has 0 aliphatic heterocycles. The van der Waals surface area contributed by atoms with Crippen molar-refractivity contribution in [1.82, 2.24) is 0 Å². The molecule has 26 heavy (non-hydrogen) atoms. The minimum Gasteiger partial charge on any atom is -0.478 e. The summed E-state index contributed by atoms with van der Waals surface area (Å²) in [6.07, 6.45) is 3.89. The van der Waals surface area contributed by atoms with Gasteiger partial charge in [0, 0.05) is 5.69 Å². The molecule has 1 amide bonds. The number of carbonyl (C=O) groups excluding carboxylic acids is 2. The average molecular weight is 363 g/mol. The number of anilines is 1. The lowest BCUT2D eigenvalue weighted by atomic mass is 9.89. The first kappa shape index (κ1) is 19.8. The van der Waals surface area contributed by atoms with Gasteiger partial charge in [-0.25, -0.2) is 9.59 Å². The van der Waals surface area contributed by atoms with Gasteiger partial charge in [-0.2, -0.15) is 0 Å². The topological polar surface area (TPSA) is 102 Å². The number of esters is 1. The smallest absolute Gasteiger partial charge is 0.412 e. The standard InChI is InChI=1S/C19H25NO6/c1-19(2,3)26-18(24)20-13-9-10-15(14(11-13)16(21)22)25-17(23)12-7-5-4-6-8-12/h9-12H,4-8H2,1-3H3,(H,20,24)(H,21,22). The van der Waals surface area contributed by atoms with Gasteiger partial charge in [-0.1, -0.05) is 19.3 Å². The lowest BCUT2D eigenvalue weighted by molar-refractivity contribution is -0.140. The highest BCUT2D eigenvalue weighted by Gasteiger charge is 2.25. The first-order valence-electron chi connectivity index (χ1n) is 8.75.